The number of rotatable bonds is 9. The molecule has 0 aromatic heterocycles. The number of ether oxygens (including phenoxy) is 1. The lowest BCUT2D eigenvalue weighted by molar-refractivity contribution is -0.130. The Kier molecular flexibility index (Phi) is 8.81. The summed E-state index contributed by atoms with van der Waals surface area (Å²) in [5.74, 6) is -1.03. The van der Waals surface area contributed by atoms with E-state index in [1.54, 1.807) is 54.3 Å². The summed E-state index contributed by atoms with van der Waals surface area (Å²) in [6.45, 7) is 2.97. The molecule has 10 nitrogen and oxygen atoms in total. The van der Waals surface area contributed by atoms with E-state index >= 15 is 0 Å². The van der Waals surface area contributed by atoms with E-state index in [0.29, 0.717) is 52.5 Å². The van der Waals surface area contributed by atoms with Gasteiger partial charge in [0.15, 0.2) is 0 Å². The lowest BCUT2D eigenvalue weighted by atomic mass is 9.99. The Hall–Kier alpha value is -4.64. The molecule has 1 saturated heterocycles. The SMILES string of the molecule is CCOC(=O)c1ccc2c(c1)NC(=O)C2=C(Nc1ccc(N(CC(=O)N2CCCCC2)S(C)(=O)=O)cc1)c1ccccc1. The molecule has 43 heavy (non-hydrogen) atoms. The first-order valence-corrected chi connectivity index (χ1v) is 16.1. The number of benzene rings is 3. The molecule has 0 atom stereocenters. The smallest absolute Gasteiger partial charge is 0.338 e. The average molecular weight is 603 g/mol. The molecule has 224 valence electrons. The monoisotopic (exact) mass is 602 g/mol. The summed E-state index contributed by atoms with van der Waals surface area (Å²) in [5.41, 5.74) is 4.11. The minimum Gasteiger partial charge on any atom is -0.462 e. The van der Waals surface area contributed by atoms with Gasteiger partial charge in [-0.3, -0.25) is 13.9 Å². The van der Waals surface area contributed by atoms with E-state index in [2.05, 4.69) is 10.6 Å². The molecule has 0 aliphatic carbocycles. The molecule has 11 heteroatoms. The van der Waals surface area contributed by atoms with Crippen molar-refractivity contribution in [3.05, 3.63) is 89.5 Å². The van der Waals surface area contributed by atoms with Crippen molar-refractivity contribution in [3.8, 4) is 0 Å². The number of hydrogen-bond donors (Lipinski definition) is 2. The van der Waals surface area contributed by atoms with Crippen LogP contribution in [0.2, 0.25) is 0 Å². The number of anilines is 3. The Morgan fingerprint density at radius 1 is 0.953 bits per heavy atom. The third kappa shape index (κ3) is 6.72. The van der Waals surface area contributed by atoms with Gasteiger partial charge in [0.1, 0.15) is 6.54 Å². The molecule has 0 unspecified atom stereocenters. The van der Waals surface area contributed by atoms with Crippen molar-refractivity contribution in [2.45, 2.75) is 26.2 Å². The lowest BCUT2D eigenvalue weighted by Crippen LogP contribution is -2.44. The summed E-state index contributed by atoms with van der Waals surface area (Å²) in [5, 5.41) is 6.20. The summed E-state index contributed by atoms with van der Waals surface area (Å²) < 4.78 is 31.6. The fourth-order valence-electron chi connectivity index (χ4n) is 5.27. The molecule has 2 aliphatic rings. The molecule has 3 aromatic carbocycles. The zero-order valence-corrected chi connectivity index (χ0v) is 24.9. The maximum Gasteiger partial charge on any atom is 0.338 e. The molecule has 2 heterocycles. The Bertz CT molecular complexity index is 1660. The quantitative estimate of drug-likeness (QED) is 0.271. The number of esters is 1. The predicted octanol–water partition coefficient (Wildman–Crippen LogP) is 4.57. The van der Waals surface area contributed by atoms with Crippen molar-refractivity contribution >= 4 is 56.1 Å². The highest BCUT2D eigenvalue weighted by Gasteiger charge is 2.30. The van der Waals surface area contributed by atoms with E-state index < -0.39 is 16.0 Å². The van der Waals surface area contributed by atoms with Crippen LogP contribution >= 0.6 is 0 Å². The highest BCUT2D eigenvalue weighted by Crippen LogP contribution is 2.38. The van der Waals surface area contributed by atoms with Crippen molar-refractivity contribution in [1.82, 2.24) is 4.90 Å². The van der Waals surface area contributed by atoms with Crippen LogP contribution in [0, 0.1) is 0 Å². The molecule has 0 saturated carbocycles. The molecule has 0 bridgehead atoms. The second-order valence-electron chi connectivity index (χ2n) is 10.4. The fraction of sp³-hybridized carbons (Fsp3) is 0.281. The van der Waals surface area contributed by atoms with Gasteiger partial charge in [-0.2, -0.15) is 0 Å². The molecule has 2 aliphatic heterocycles. The van der Waals surface area contributed by atoms with E-state index in [-0.39, 0.29) is 25.0 Å². The Labute approximate surface area is 251 Å². The van der Waals surface area contributed by atoms with E-state index in [4.69, 9.17) is 4.74 Å². The lowest BCUT2D eigenvalue weighted by Gasteiger charge is -2.30. The Morgan fingerprint density at radius 2 is 1.65 bits per heavy atom. The van der Waals surface area contributed by atoms with Gasteiger partial charge in [0.05, 0.1) is 41.1 Å². The second kappa shape index (κ2) is 12.7. The standard InChI is InChI=1S/C32H34N4O6S/c1-3-42-32(39)23-12-17-26-27(20-23)34-31(38)29(26)30(22-10-6-4-7-11-22)33-24-13-15-25(16-14-24)36(43(2,40)41)21-28(37)35-18-8-5-9-19-35/h4,6-7,10-17,20,33H,3,5,8-9,18-19,21H2,1-2H3,(H,34,38). The molecular formula is C32H34N4O6S. The van der Waals surface area contributed by atoms with Gasteiger partial charge in [0, 0.05) is 24.3 Å². The van der Waals surface area contributed by atoms with Crippen molar-refractivity contribution < 1.29 is 27.5 Å². The second-order valence-corrected chi connectivity index (χ2v) is 12.3. The van der Waals surface area contributed by atoms with Crippen molar-refractivity contribution in [2.75, 3.05) is 47.4 Å². The number of carbonyl (C=O) groups is 3. The summed E-state index contributed by atoms with van der Waals surface area (Å²) in [7, 11) is -3.73. The van der Waals surface area contributed by atoms with Crippen LogP contribution in [0.25, 0.3) is 11.3 Å². The van der Waals surface area contributed by atoms with Crippen LogP contribution in [-0.4, -0.2) is 63.6 Å². The average Bonchev–Trinajstić information content (AvgIpc) is 3.34. The number of sulfonamides is 1. The minimum atomic E-state index is -3.73. The molecule has 0 radical (unpaired) electrons. The first-order chi connectivity index (χ1) is 20.7. The summed E-state index contributed by atoms with van der Waals surface area (Å²) in [4.78, 5) is 40.2. The number of hydrogen-bond acceptors (Lipinski definition) is 7. The normalized spacial score (nSPS) is 15.8. The van der Waals surface area contributed by atoms with Gasteiger partial charge in [-0.05, 0) is 68.1 Å². The highest BCUT2D eigenvalue weighted by molar-refractivity contribution is 7.92. The maximum atomic E-state index is 13.3. The minimum absolute atomic E-state index is 0.222. The molecule has 2 N–H and O–H groups in total. The van der Waals surface area contributed by atoms with Gasteiger partial charge in [-0.15, -0.1) is 0 Å². The molecule has 2 amide bonds. The van der Waals surface area contributed by atoms with E-state index in [9.17, 15) is 22.8 Å². The van der Waals surface area contributed by atoms with Gasteiger partial charge in [-0.1, -0.05) is 36.4 Å². The number of nitrogens with one attached hydrogen (secondary N) is 2. The number of likely N-dealkylation sites (tertiary alicyclic amines) is 1. The molecule has 0 spiro atoms. The van der Waals surface area contributed by atoms with E-state index in [0.717, 1.165) is 35.4 Å². The van der Waals surface area contributed by atoms with Crippen LogP contribution in [0.1, 0.15) is 47.7 Å². The fourth-order valence-corrected chi connectivity index (χ4v) is 6.12. The van der Waals surface area contributed by atoms with Gasteiger partial charge in [-0.25, -0.2) is 13.2 Å². The third-order valence-electron chi connectivity index (χ3n) is 7.40. The molecule has 5 rings (SSSR count). The topological polar surface area (TPSA) is 125 Å². The van der Waals surface area contributed by atoms with Crippen LogP contribution in [0.3, 0.4) is 0 Å². The van der Waals surface area contributed by atoms with Gasteiger partial charge < -0.3 is 20.3 Å². The number of piperidine rings is 1. The Morgan fingerprint density at radius 3 is 2.30 bits per heavy atom. The third-order valence-corrected chi connectivity index (χ3v) is 8.54. The van der Waals surface area contributed by atoms with Crippen molar-refractivity contribution in [3.63, 3.8) is 0 Å². The number of carbonyl (C=O) groups excluding carboxylic acids is 3. The van der Waals surface area contributed by atoms with E-state index in [1.165, 1.54) is 0 Å². The van der Waals surface area contributed by atoms with Crippen LogP contribution in [0.5, 0.6) is 0 Å². The largest absolute Gasteiger partial charge is 0.462 e. The van der Waals surface area contributed by atoms with Gasteiger partial charge >= 0.3 is 5.97 Å². The molecule has 1 fully saturated rings. The van der Waals surface area contributed by atoms with Crippen LogP contribution in [-0.2, 0) is 24.3 Å². The van der Waals surface area contributed by atoms with Gasteiger partial charge in [0.2, 0.25) is 15.9 Å². The zero-order valence-electron chi connectivity index (χ0n) is 24.1. The molecule has 3 aromatic rings. The summed E-state index contributed by atoms with van der Waals surface area (Å²) in [6, 6.07) is 21.0. The first kappa shape index (κ1) is 29.8. The highest BCUT2D eigenvalue weighted by atomic mass is 32.2. The number of fused-ring (bicyclic) bond motifs is 1. The number of amides is 2. The maximum absolute atomic E-state index is 13.3. The number of nitrogens with zero attached hydrogens (tertiary/aromatic N) is 2. The van der Waals surface area contributed by atoms with Gasteiger partial charge in [0.25, 0.3) is 5.91 Å². The first-order valence-electron chi connectivity index (χ1n) is 14.2. The summed E-state index contributed by atoms with van der Waals surface area (Å²) >= 11 is 0. The van der Waals surface area contributed by atoms with Crippen LogP contribution in [0.4, 0.5) is 17.1 Å². The molecular weight excluding hydrogens is 568 g/mol. The Balaban J connectivity index is 1.46. The predicted molar refractivity (Wildman–Crippen MR) is 167 cm³/mol. The van der Waals surface area contributed by atoms with Crippen molar-refractivity contribution in [2.24, 2.45) is 0 Å². The van der Waals surface area contributed by atoms with Crippen molar-refractivity contribution in [1.29, 1.82) is 0 Å². The zero-order chi connectivity index (χ0) is 30.6. The van der Waals surface area contributed by atoms with Crippen LogP contribution < -0.4 is 14.9 Å². The summed E-state index contributed by atoms with van der Waals surface area (Å²) in [6.07, 6.45) is 3.99. The van der Waals surface area contributed by atoms with E-state index in [1.807, 2.05) is 30.3 Å². The van der Waals surface area contributed by atoms with Crippen LogP contribution in [0.15, 0.2) is 72.8 Å².